The fraction of sp³-hybridized carbons (Fsp3) is 0.821. The maximum atomic E-state index is 12.3. The summed E-state index contributed by atoms with van der Waals surface area (Å²) in [7, 11) is -3.53. The maximum Gasteiger partial charge on any atom is 0.280 e. The van der Waals surface area contributed by atoms with E-state index in [1.54, 1.807) is 4.57 Å². The monoisotopic (exact) mass is 598 g/mol. The normalized spacial score (nSPS) is 22.4. The number of aromatic nitrogens is 4. The van der Waals surface area contributed by atoms with E-state index in [2.05, 4.69) is 26.4 Å². The highest BCUT2D eigenvalue weighted by atomic mass is 31.2. The summed E-state index contributed by atoms with van der Waals surface area (Å²) in [6.07, 6.45) is 16.2. The van der Waals surface area contributed by atoms with Gasteiger partial charge in [-0.05, 0) is 12.8 Å². The summed E-state index contributed by atoms with van der Waals surface area (Å²) in [5, 5.41) is 0. The van der Waals surface area contributed by atoms with Gasteiger partial charge in [0.05, 0.1) is 12.4 Å². The fourth-order valence-electron chi connectivity index (χ4n) is 5.40. The molecule has 41 heavy (non-hydrogen) atoms. The summed E-state index contributed by atoms with van der Waals surface area (Å²) in [4.78, 5) is 35.4. The predicted octanol–water partition coefficient (Wildman–Crippen LogP) is 5.38. The number of phosphoric ester groups is 1. The van der Waals surface area contributed by atoms with Gasteiger partial charge in [0.15, 0.2) is 17.4 Å². The molecule has 1 saturated heterocycles. The molecule has 3 N–H and O–H groups in total. The van der Waals surface area contributed by atoms with Gasteiger partial charge in [0.2, 0.25) is 5.95 Å². The Kier molecular flexibility index (Phi) is 14.2. The van der Waals surface area contributed by atoms with Crippen molar-refractivity contribution in [2.24, 2.45) is 0 Å². The van der Waals surface area contributed by atoms with E-state index in [1.165, 1.54) is 77.0 Å². The van der Waals surface area contributed by atoms with E-state index in [9.17, 15) is 14.3 Å². The molecule has 2 aromatic rings. The third-order valence-electron chi connectivity index (χ3n) is 7.70. The van der Waals surface area contributed by atoms with Gasteiger partial charge in [0.1, 0.15) is 12.2 Å². The first-order valence-electron chi connectivity index (χ1n) is 15.4. The van der Waals surface area contributed by atoms with Crippen LogP contribution in [0, 0.1) is 0 Å². The number of anilines is 1. The minimum atomic E-state index is -4.58. The van der Waals surface area contributed by atoms with Crippen molar-refractivity contribution in [2.45, 2.75) is 135 Å². The minimum Gasteiger partial charge on any atom is -0.756 e. The number of nitrogens with zero attached hydrogens (tertiary/aromatic N) is 3. The molecule has 0 aliphatic carbocycles. The molecule has 13 heteroatoms. The Bertz CT molecular complexity index is 1140. The van der Waals surface area contributed by atoms with Gasteiger partial charge >= 0.3 is 0 Å². The highest BCUT2D eigenvalue weighted by molar-refractivity contribution is 7.45. The van der Waals surface area contributed by atoms with Crippen LogP contribution < -0.4 is 16.2 Å². The highest BCUT2D eigenvalue weighted by Gasteiger charge is 2.48. The van der Waals surface area contributed by atoms with Gasteiger partial charge in [0.25, 0.3) is 13.4 Å². The second-order valence-corrected chi connectivity index (χ2v) is 12.4. The van der Waals surface area contributed by atoms with Crippen LogP contribution in [-0.4, -0.2) is 51.5 Å². The molecule has 234 valence electrons. The Balaban J connectivity index is 1.50. The summed E-state index contributed by atoms with van der Waals surface area (Å²) in [5.74, 6) is -0.0644. The van der Waals surface area contributed by atoms with Gasteiger partial charge < -0.3 is 29.1 Å². The topological polar surface area (TPSA) is 167 Å². The van der Waals surface area contributed by atoms with Crippen molar-refractivity contribution in [1.29, 1.82) is 0 Å². The number of rotatable bonds is 21. The highest BCUT2D eigenvalue weighted by Crippen LogP contribution is 2.46. The molecule has 0 aromatic carbocycles. The van der Waals surface area contributed by atoms with Crippen molar-refractivity contribution in [3.8, 4) is 0 Å². The van der Waals surface area contributed by atoms with E-state index in [0.717, 1.165) is 26.4 Å². The molecule has 0 radical (unpaired) electrons. The van der Waals surface area contributed by atoms with Crippen molar-refractivity contribution in [3.63, 3.8) is 0 Å². The molecule has 1 fully saturated rings. The summed E-state index contributed by atoms with van der Waals surface area (Å²) in [6.45, 7) is 4.52. The number of ether oxygens (including phenoxy) is 2. The molecule has 0 saturated carbocycles. The molecule has 2 aromatic heterocycles. The van der Waals surface area contributed by atoms with Crippen LogP contribution >= 0.6 is 7.82 Å². The SMILES string of the molecule is CCCCCCCCCCCCCCCCO[C@H]1[C@@H](OP(=O)([O-])OC)[C@@H](CC)O[C@H]1n1cnc2c(=O)[nH]c(N)nc21. The Morgan fingerprint density at radius 1 is 1.00 bits per heavy atom. The molecule has 0 bridgehead atoms. The van der Waals surface area contributed by atoms with Crippen molar-refractivity contribution >= 4 is 24.9 Å². The molecule has 0 amide bonds. The number of nitrogens with one attached hydrogen (secondary N) is 1. The van der Waals surface area contributed by atoms with Gasteiger partial charge in [-0.3, -0.25) is 18.9 Å². The van der Waals surface area contributed by atoms with Crippen LogP contribution in [0.3, 0.4) is 0 Å². The zero-order valence-corrected chi connectivity index (χ0v) is 25.8. The number of aromatic amines is 1. The molecule has 1 unspecified atom stereocenters. The second kappa shape index (κ2) is 17.3. The molecule has 12 nitrogen and oxygen atoms in total. The Morgan fingerprint density at radius 2 is 1.59 bits per heavy atom. The van der Waals surface area contributed by atoms with Crippen LogP contribution in [-0.2, 0) is 23.1 Å². The van der Waals surface area contributed by atoms with Crippen LogP contribution in [0.25, 0.3) is 11.2 Å². The summed E-state index contributed by atoms with van der Waals surface area (Å²) < 4.78 is 36.2. The number of nitrogen functional groups attached to an aromatic ring is 1. The van der Waals surface area contributed by atoms with E-state index in [-0.39, 0.29) is 17.1 Å². The third-order valence-corrected chi connectivity index (χ3v) is 8.64. The third kappa shape index (κ3) is 10.1. The summed E-state index contributed by atoms with van der Waals surface area (Å²) in [6, 6.07) is 0. The number of H-pyrrole nitrogens is 1. The van der Waals surface area contributed by atoms with Crippen LogP contribution in [0.1, 0.15) is 116 Å². The summed E-state index contributed by atoms with van der Waals surface area (Å²) in [5.41, 5.74) is 5.60. The smallest absolute Gasteiger partial charge is 0.280 e. The maximum absolute atomic E-state index is 12.3. The predicted molar refractivity (Wildman–Crippen MR) is 156 cm³/mol. The standard InChI is InChI=1S/C28H50N5O7P/c1-4-6-7-8-9-10-11-12-13-14-15-16-17-18-19-38-24-23(40-41(35,36)37-3)21(5-2)39-27(24)33-20-30-22-25(33)31-28(29)32-26(22)34/h20-21,23-24,27H,4-19H2,1-3H3,(H,35,36)(H3,29,31,32,34)/p-1/t21-,23+,24+,27-/m1/s1. The molecule has 3 rings (SSSR count). The lowest BCUT2D eigenvalue weighted by molar-refractivity contribution is -0.231. The van der Waals surface area contributed by atoms with Crippen molar-refractivity contribution < 1.29 is 28.0 Å². The van der Waals surface area contributed by atoms with Gasteiger partial charge in [-0.1, -0.05) is 97.3 Å². The number of phosphoric acid groups is 1. The largest absolute Gasteiger partial charge is 0.756 e. The number of imidazole rings is 1. The van der Waals surface area contributed by atoms with Crippen LogP contribution in [0.15, 0.2) is 11.1 Å². The quantitative estimate of drug-likeness (QED) is 0.141. The Hall–Kier alpha value is -1.82. The summed E-state index contributed by atoms with van der Waals surface area (Å²) >= 11 is 0. The number of nitrogens with two attached hydrogens (primary N) is 1. The lowest BCUT2D eigenvalue weighted by atomic mass is 10.0. The van der Waals surface area contributed by atoms with Crippen LogP contribution in [0.4, 0.5) is 5.95 Å². The zero-order valence-electron chi connectivity index (χ0n) is 24.9. The Labute approximate surface area is 243 Å². The number of fused-ring (bicyclic) bond motifs is 1. The fourth-order valence-corrected chi connectivity index (χ4v) is 6.04. The first-order chi connectivity index (χ1) is 19.8. The zero-order chi connectivity index (χ0) is 29.7. The van der Waals surface area contributed by atoms with E-state index < -0.39 is 37.9 Å². The molecular weight excluding hydrogens is 549 g/mol. The van der Waals surface area contributed by atoms with Crippen molar-refractivity contribution in [3.05, 3.63) is 16.7 Å². The van der Waals surface area contributed by atoms with E-state index in [4.69, 9.17) is 19.7 Å². The first-order valence-corrected chi connectivity index (χ1v) is 16.8. The number of hydrogen-bond donors (Lipinski definition) is 2. The van der Waals surface area contributed by atoms with Crippen molar-refractivity contribution in [1.82, 2.24) is 19.5 Å². The van der Waals surface area contributed by atoms with E-state index in [0.29, 0.717) is 13.0 Å². The lowest BCUT2D eigenvalue weighted by Gasteiger charge is -2.30. The van der Waals surface area contributed by atoms with Gasteiger partial charge in [-0.25, -0.2) is 4.98 Å². The average molecular weight is 599 g/mol. The van der Waals surface area contributed by atoms with Crippen LogP contribution in [0.5, 0.6) is 0 Å². The molecule has 5 atom stereocenters. The molecule has 1 aliphatic rings. The molecule has 3 heterocycles. The van der Waals surface area contributed by atoms with Gasteiger partial charge in [0, 0.05) is 13.7 Å². The molecular formula is C28H49N5O7P-. The van der Waals surface area contributed by atoms with E-state index >= 15 is 0 Å². The first kappa shape index (κ1) is 33.7. The number of unbranched alkanes of at least 4 members (excludes halogenated alkanes) is 13. The minimum absolute atomic E-state index is 0.0644. The molecule has 1 aliphatic heterocycles. The Morgan fingerprint density at radius 3 is 2.15 bits per heavy atom. The van der Waals surface area contributed by atoms with Gasteiger partial charge in [-0.15, -0.1) is 0 Å². The van der Waals surface area contributed by atoms with Crippen molar-refractivity contribution in [2.75, 3.05) is 19.5 Å². The van der Waals surface area contributed by atoms with E-state index in [1.807, 2.05) is 6.92 Å². The van der Waals surface area contributed by atoms with Crippen LogP contribution in [0.2, 0.25) is 0 Å². The second-order valence-electron chi connectivity index (χ2n) is 10.9. The number of hydrogen-bond acceptors (Lipinski definition) is 10. The average Bonchev–Trinajstić information content (AvgIpc) is 3.51. The molecule has 0 spiro atoms. The van der Waals surface area contributed by atoms with Gasteiger partial charge in [-0.2, -0.15) is 4.98 Å². The lowest BCUT2D eigenvalue weighted by Crippen LogP contribution is -2.37.